The van der Waals surface area contributed by atoms with Gasteiger partial charge in [0.05, 0.1) is 6.61 Å². The number of anilines is 1. The van der Waals surface area contributed by atoms with Crippen LogP contribution in [0.15, 0.2) is 42.5 Å². The molecule has 1 fully saturated rings. The van der Waals surface area contributed by atoms with Crippen molar-refractivity contribution in [3.05, 3.63) is 59.2 Å². The van der Waals surface area contributed by atoms with Crippen molar-refractivity contribution in [2.75, 3.05) is 11.9 Å². The summed E-state index contributed by atoms with van der Waals surface area (Å²) < 4.78 is 5.45. The van der Waals surface area contributed by atoms with Crippen LogP contribution in [0.1, 0.15) is 28.4 Å². The van der Waals surface area contributed by atoms with Gasteiger partial charge in [-0.15, -0.1) is 0 Å². The number of urea groups is 1. The fraction of sp³-hybridized carbons (Fsp3) is 0.211. The highest BCUT2D eigenvalue weighted by Gasteiger charge is 2.43. The summed E-state index contributed by atoms with van der Waals surface area (Å²) >= 11 is 0. The van der Waals surface area contributed by atoms with Gasteiger partial charge in [-0.25, -0.2) is 4.79 Å². The summed E-state index contributed by atoms with van der Waals surface area (Å²) in [6.45, 7) is 2.25. The molecule has 3 N–H and O–H groups in total. The standard InChI is InChI=1S/C19H17N3O4/c1-19(17(24)21-18(25)22-19)13-3-2-4-14(10-13)20-16(23)12-5-6-15-11(9-12)7-8-26-15/h2-6,9-10H,7-8H2,1H3,(H,20,23)(H2,21,22,24,25). The Hall–Kier alpha value is -3.35. The van der Waals surface area contributed by atoms with Crippen molar-refractivity contribution in [2.24, 2.45) is 0 Å². The lowest BCUT2D eigenvalue weighted by atomic mass is 9.92. The maximum atomic E-state index is 12.5. The summed E-state index contributed by atoms with van der Waals surface area (Å²) in [4.78, 5) is 36.1. The van der Waals surface area contributed by atoms with Gasteiger partial charge in [0.2, 0.25) is 0 Å². The maximum Gasteiger partial charge on any atom is 0.322 e. The van der Waals surface area contributed by atoms with Gasteiger partial charge in [-0.2, -0.15) is 0 Å². The quantitative estimate of drug-likeness (QED) is 0.736. The van der Waals surface area contributed by atoms with Crippen molar-refractivity contribution in [1.82, 2.24) is 10.6 Å². The Labute approximate surface area is 149 Å². The Morgan fingerprint density at radius 3 is 2.81 bits per heavy atom. The molecule has 2 aliphatic rings. The van der Waals surface area contributed by atoms with Crippen LogP contribution in [0.25, 0.3) is 0 Å². The predicted octanol–water partition coefficient (Wildman–Crippen LogP) is 1.93. The number of hydrogen-bond acceptors (Lipinski definition) is 4. The molecule has 0 aliphatic carbocycles. The second-order valence-electron chi connectivity index (χ2n) is 6.49. The Kier molecular flexibility index (Phi) is 3.64. The zero-order chi connectivity index (χ0) is 18.3. The third kappa shape index (κ3) is 2.67. The SMILES string of the molecule is CC1(c2cccc(NC(=O)c3ccc4c(c3)CCO4)c2)NC(=O)NC1=O. The molecule has 0 bridgehead atoms. The van der Waals surface area contributed by atoms with Crippen molar-refractivity contribution in [3.8, 4) is 5.75 Å². The first-order chi connectivity index (χ1) is 12.5. The van der Waals surface area contributed by atoms with Crippen LogP contribution in [0.3, 0.4) is 0 Å². The molecule has 4 amide bonds. The summed E-state index contributed by atoms with van der Waals surface area (Å²) in [7, 11) is 0. The van der Waals surface area contributed by atoms with E-state index >= 15 is 0 Å². The molecule has 0 saturated carbocycles. The Balaban J connectivity index is 1.57. The fourth-order valence-corrected chi connectivity index (χ4v) is 3.19. The molecule has 4 rings (SSSR count). The number of amides is 4. The topological polar surface area (TPSA) is 96.5 Å². The van der Waals surface area contributed by atoms with Gasteiger partial charge in [0, 0.05) is 17.7 Å². The molecule has 1 atom stereocenters. The van der Waals surface area contributed by atoms with Crippen LogP contribution in [-0.2, 0) is 16.8 Å². The monoisotopic (exact) mass is 351 g/mol. The molecule has 0 spiro atoms. The van der Waals surface area contributed by atoms with E-state index in [-0.39, 0.29) is 5.91 Å². The molecule has 0 radical (unpaired) electrons. The van der Waals surface area contributed by atoms with Crippen LogP contribution in [0.5, 0.6) is 5.75 Å². The van der Waals surface area contributed by atoms with E-state index < -0.39 is 17.5 Å². The molecule has 2 aromatic rings. The number of benzene rings is 2. The number of nitrogens with one attached hydrogen (secondary N) is 3. The van der Waals surface area contributed by atoms with Gasteiger partial charge in [-0.3, -0.25) is 14.9 Å². The molecule has 2 heterocycles. The summed E-state index contributed by atoms with van der Waals surface area (Å²) in [5, 5.41) is 7.67. The summed E-state index contributed by atoms with van der Waals surface area (Å²) in [5.74, 6) is 0.144. The first kappa shape index (κ1) is 16.1. The van der Waals surface area contributed by atoms with Crippen LogP contribution < -0.4 is 20.7 Å². The van der Waals surface area contributed by atoms with Crippen LogP contribution >= 0.6 is 0 Å². The molecule has 1 unspecified atom stereocenters. The highest BCUT2D eigenvalue weighted by atomic mass is 16.5. The minimum absolute atomic E-state index is 0.248. The van der Waals surface area contributed by atoms with Crippen molar-refractivity contribution in [3.63, 3.8) is 0 Å². The van der Waals surface area contributed by atoms with E-state index in [2.05, 4.69) is 16.0 Å². The first-order valence-corrected chi connectivity index (χ1v) is 8.27. The number of carbonyl (C=O) groups is 3. The van der Waals surface area contributed by atoms with Crippen LogP contribution in [0.2, 0.25) is 0 Å². The van der Waals surface area contributed by atoms with Gasteiger partial charge < -0.3 is 15.4 Å². The average Bonchev–Trinajstić information content (AvgIpc) is 3.19. The molecule has 2 aromatic carbocycles. The second-order valence-corrected chi connectivity index (χ2v) is 6.49. The lowest BCUT2D eigenvalue weighted by molar-refractivity contribution is -0.123. The van der Waals surface area contributed by atoms with Crippen LogP contribution in [0, 0.1) is 0 Å². The maximum absolute atomic E-state index is 12.5. The first-order valence-electron chi connectivity index (χ1n) is 8.27. The van der Waals surface area contributed by atoms with E-state index in [1.807, 2.05) is 6.07 Å². The minimum atomic E-state index is -1.16. The minimum Gasteiger partial charge on any atom is -0.493 e. The van der Waals surface area contributed by atoms with Gasteiger partial charge in [0.25, 0.3) is 11.8 Å². The van der Waals surface area contributed by atoms with Crippen LogP contribution in [0.4, 0.5) is 10.5 Å². The van der Waals surface area contributed by atoms with Gasteiger partial charge in [-0.1, -0.05) is 12.1 Å². The Morgan fingerprint density at radius 2 is 2.04 bits per heavy atom. The molecular formula is C19H17N3O4. The lowest BCUT2D eigenvalue weighted by Gasteiger charge is -2.21. The number of imide groups is 1. The Morgan fingerprint density at radius 1 is 1.19 bits per heavy atom. The van der Waals surface area contributed by atoms with Crippen molar-refractivity contribution < 1.29 is 19.1 Å². The molecule has 2 aliphatic heterocycles. The van der Waals surface area contributed by atoms with Crippen LogP contribution in [-0.4, -0.2) is 24.5 Å². The van der Waals surface area contributed by atoms with Crippen molar-refractivity contribution >= 4 is 23.5 Å². The molecule has 7 nitrogen and oxygen atoms in total. The molecule has 132 valence electrons. The van der Waals surface area contributed by atoms with Crippen molar-refractivity contribution in [2.45, 2.75) is 18.9 Å². The number of rotatable bonds is 3. The molecular weight excluding hydrogens is 334 g/mol. The summed E-state index contributed by atoms with van der Waals surface area (Å²) in [5.41, 5.74) is 1.52. The number of hydrogen-bond donors (Lipinski definition) is 3. The zero-order valence-electron chi connectivity index (χ0n) is 14.1. The average molecular weight is 351 g/mol. The summed E-state index contributed by atoms with van der Waals surface area (Å²) in [6.07, 6.45) is 0.791. The van der Waals surface area contributed by atoms with E-state index in [1.165, 1.54) is 0 Å². The Bertz CT molecular complexity index is 940. The highest BCUT2D eigenvalue weighted by Crippen LogP contribution is 2.28. The molecule has 7 heteroatoms. The molecule has 26 heavy (non-hydrogen) atoms. The second kappa shape index (κ2) is 5.87. The van der Waals surface area contributed by atoms with E-state index in [0.717, 1.165) is 17.7 Å². The molecule has 1 saturated heterocycles. The fourth-order valence-electron chi connectivity index (χ4n) is 3.19. The van der Waals surface area contributed by atoms with Gasteiger partial charge in [-0.05, 0) is 48.4 Å². The number of ether oxygens (including phenoxy) is 1. The highest BCUT2D eigenvalue weighted by molar-refractivity contribution is 6.08. The van der Waals surface area contributed by atoms with E-state index in [4.69, 9.17) is 4.74 Å². The van der Waals surface area contributed by atoms with Gasteiger partial charge >= 0.3 is 6.03 Å². The third-order valence-corrected chi connectivity index (χ3v) is 4.69. The van der Waals surface area contributed by atoms with E-state index in [9.17, 15) is 14.4 Å². The zero-order valence-corrected chi connectivity index (χ0v) is 14.1. The van der Waals surface area contributed by atoms with Crippen molar-refractivity contribution in [1.29, 1.82) is 0 Å². The normalized spacial score (nSPS) is 20.8. The third-order valence-electron chi connectivity index (χ3n) is 4.69. The lowest BCUT2D eigenvalue weighted by Crippen LogP contribution is -2.40. The number of fused-ring (bicyclic) bond motifs is 1. The van der Waals surface area contributed by atoms with Gasteiger partial charge in [0.1, 0.15) is 11.3 Å². The van der Waals surface area contributed by atoms with E-state index in [1.54, 1.807) is 43.3 Å². The molecule has 0 aromatic heterocycles. The van der Waals surface area contributed by atoms with Gasteiger partial charge in [0.15, 0.2) is 0 Å². The largest absolute Gasteiger partial charge is 0.493 e. The smallest absolute Gasteiger partial charge is 0.322 e. The predicted molar refractivity (Wildman–Crippen MR) is 94.1 cm³/mol. The number of carbonyl (C=O) groups excluding carboxylic acids is 3. The van der Waals surface area contributed by atoms with E-state index in [0.29, 0.717) is 23.4 Å². The summed E-state index contributed by atoms with van der Waals surface area (Å²) in [6, 6.07) is 11.7.